The van der Waals surface area contributed by atoms with Gasteiger partial charge in [-0.3, -0.25) is 0 Å². The Kier molecular flexibility index (Phi) is 5.35. The summed E-state index contributed by atoms with van der Waals surface area (Å²) in [7, 11) is 1.65. The van der Waals surface area contributed by atoms with Crippen LogP contribution in [0.5, 0.6) is 5.75 Å². The molecular formula is C23H23FN2O2. The number of hydrogen-bond donors (Lipinski definition) is 0. The molecule has 0 radical (unpaired) electrons. The van der Waals surface area contributed by atoms with Gasteiger partial charge in [0, 0.05) is 42.6 Å². The molecule has 1 unspecified atom stereocenters. The first kappa shape index (κ1) is 18.6. The van der Waals surface area contributed by atoms with Gasteiger partial charge in [-0.15, -0.1) is 0 Å². The molecule has 3 aromatic rings. The maximum atomic E-state index is 14.5. The van der Waals surface area contributed by atoms with Gasteiger partial charge in [0.2, 0.25) is 0 Å². The van der Waals surface area contributed by atoms with Crippen LogP contribution in [0.2, 0.25) is 0 Å². The predicted octanol–water partition coefficient (Wildman–Crippen LogP) is 5.20. The second-order valence-corrected chi connectivity index (χ2v) is 7.00. The smallest absolute Gasteiger partial charge is 0.199 e. The Labute approximate surface area is 164 Å². The first-order valence-corrected chi connectivity index (χ1v) is 9.61. The third kappa shape index (κ3) is 3.76. The van der Waals surface area contributed by atoms with Gasteiger partial charge in [0.15, 0.2) is 12.1 Å². The van der Waals surface area contributed by atoms with E-state index in [-0.39, 0.29) is 12.1 Å². The van der Waals surface area contributed by atoms with E-state index in [1.807, 2.05) is 18.2 Å². The van der Waals surface area contributed by atoms with Crippen molar-refractivity contribution in [1.29, 1.82) is 0 Å². The summed E-state index contributed by atoms with van der Waals surface area (Å²) in [4.78, 5) is 8.92. The molecule has 28 heavy (non-hydrogen) atoms. The molecule has 1 aromatic heterocycles. The van der Waals surface area contributed by atoms with Crippen LogP contribution in [0.3, 0.4) is 0 Å². The Hall–Kier alpha value is -2.79. The molecule has 0 fully saturated rings. The third-order valence-corrected chi connectivity index (χ3v) is 5.02. The predicted molar refractivity (Wildman–Crippen MR) is 107 cm³/mol. The van der Waals surface area contributed by atoms with Gasteiger partial charge in [0.1, 0.15) is 11.6 Å². The lowest BCUT2D eigenvalue weighted by Crippen LogP contribution is -2.24. The van der Waals surface area contributed by atoms with Gasteiger partial charge >= 0.3 is 0 Å². The second kappa shape index (κ2) is 8.07. The Morgan fingerprint density at radius 1 is 1.11 bits per heavy atom. The summed E-state index contributed by atoms with van der Waals surface area (Å²) in [6, 6.07) is 11.3. The van der Waals surface area contributed by atoms with Crippen LogP contribution in [0.25, 0.3) is 22.5 Å². The van der Waals surface area contributed by atoms with Gasteiger partial charge in [-0.05, 0) is 48.2 Å². The highest BCUT2D eigenvalue weighted by molar-refractivity contribution is 5.65. The number of halogens is 1. The van der Waals surface area contributed by atoms with Crippen molar-refractivity contribution in [1.82, 2.24) is 9.97 Å². The lowest BCUT2D eigenvalue weighted by molar-refractivity contribution is -0.0653. The van der Waals surface area contributed by atoms with Gasteiger partial charge in [-0.2, -0.15) is 0 Å². The molecule has 1 aliphatic rings. The van der Waals surface area contributed by atoms with E-state index < -0.39 is 0 Å². The first-order valence-electron chi connectivity index (χ1n) is 9.61. The van der Waals surface area contributed by atoms with E-state index in [0.29, 0.717) is 17.0 Å². The molecule has 0 saturated carbocycles. The Balaban J connectivity index is 1.57. The largest absolute Gasteiger partial charge is 0.465 e. The number of aryl methyl sites for hydroxylation is 2. The molecular weight excluding hydrogens is 355 g/mol. The summed E-state index contributed by atoms with van der Waals surface area (Å²) >= 11 is 0. The zero-order chi connectivity index (χ0) is 19.5. The molecule has 1 atom stereocenters. The number of rotatable bonds is 5. The third-order valence-electron chi connectivity index (χ3n) is 5.02. The molecule has 4 rings (SSSR count). The van der Waals surface area contributed by atoms with E-state index in [0.717, 1.165) is 48.1 Å². The van der Waals surface area contributed by atoms with Crippen molar-refractivity contribution in [3.05, 3.63) is 65.7 Å². The molecule has 4 nitrogen and oxygen atoms in total. The maximum Gasteiger partial charge on any atom is 0.199 e. The molecule has 0 aliphatic carbocycles. The number of ether oxygens (including phenoxy) is 2. The quantitative estimate of drug-likeness (QED) is 0.612. The number of hydrogen-bond acceptors (Lipinski definition) is 4. The van der Waals surface area contributed by atoms with Gasteiger partial charge in [-0.1, -0.05) is 25.5 Å². The normalized spacial score (nSPS) is 15.8. The average Bonchev–Trinajstić information content (AvgIpc) is 2.73. The Morgan fingerprint density at radius 3 is 2.64 bits per heavy atom. The number of aromatic nitrogens is 2. The van der Waals surface area contributed by atoms with Crippen molar-refractivity contribution in [2.45, 2.75) is 38.9 Å². The number of fused-ring (bicyclic) bond motifs is 1. The zero-order valence-corrected chi connectivity index (χ0v) is 16.1. The van der Waals surface area contributed by atoms with E-state index in [9.17, 15) is 4.39 Å². The van der Waals surface area contributed by atoms with E-state index in [4.69, 9.17) is 9.47 Å². The molecule has 144 valence electrons. The van der Waals surface area contributed by atoms with Crippen molar-refractivity contribution in [3.8, 4) is 28.3 Å². The van der Waals surface area contributed by atoms with Crippen LogP contribution in [-0.4, -0.2) is 23.4 Å². The van der Waals surface area contributed by atoms with E-state index in [2.05, 4.69) is 23.0 Å². The molecule has 1 aliphatic heterocycles. The highest BCUT2D eigenvalue weighted by atomic mass is 19.1. The van der Waals surface area contributed by atoms with E-state index >= 15 is 0 Å². The molecule has 0 saturated heterocycles. The summed E-state index contributed by atoms with van der Waals surface area (Å²) in [6.07, 6.45) is 6.74. The fraction of sp³-hybridized carbons (Fsp3) is 0.304. The highest BCUT2D eigenvalue weighted by Gasteiger charge is 2.20. The average molecular weight is 378 g/mol. The topological polar surface area (TPSA) is 44.2 Å². The summed E-state index contributed by atoms with van der Waals surface area (Å²) in [5, 5.41) is 0. The summed E-state index contributed by atoms with van der Waals surface area (Å²) in [5.41, 5.74) is 4.25. The number of methoxy groups -OCH3 is 1. The van der Waals surface area contributed by atoms with Gasteiger partial charge in [-0.25, -0.2) is 14.4 Å². The maximum absolute atomic E-state index is 14.5. The van der Waals surface area contributed by atoms with Crippen molar-refractivity contribution < 1.29 is 13.9 Å². The van der Waals surface area contributed by atoms with E-state index in [1.54, 1.807) is 31.6 Å². The van der Waals surface area contributed by atoms with E-state index in [1.165, 1.54) is 0 Å². The first-order chi connectivity index (χ1) is 13.7. The molecule has 0 bridgehead atoms. The molecule has 0 amide bonds. The Bertz CT molecular complexity index is 973. The van der Waals surface area contributed by atoms with Crippen LogP contribution in [0, 0.1) is 5.82 Å². The SMILES string of the molecule is CCCc1ccc(-c2cnc(-c3ccc4c(c3)CCC(OC)O4)nc2)c(F)c1. The van der Waals surface area contributed by atoms with Crippen LogP contribution >= 0.6 is 0 Å². The number of benzene rings is 2. The summed E-state index contributed by atoms with van der Waals surface area (Å²) < 4.78 is 25.5. The molecule has 0 N–H and O–H groups in total. The van der Waals surface area contributed by atoms with Crippen LogP contribution in [0.1, 0.15) is 30.9 Å². The minimum Gasteiger partial charge on any atom is -0.465 e. The van der Waals surface area contributed by atoms with Crippen molar-refractivity contribution >= 4 is 0 Å². The fourth-order valence-corrected chi connectivity index (χ4v) is 3.52. The monoisotopic (exact) mass is 378 g/mol. The molecule has 5 heteroatoms. The van der Waals surface area contributed by atoms with Crippen LogP contribution < -0.4 is 4.74 Å². The van der Waals surface area contributed by atoms with Gasteiger partial charge in [0.05, 0.1) is 0 Å². The summed E-state index contributed by atoms with van der Waals surface area (Å²) in [6.45, 7) is 2.08. The van der Waals surface area contributed by atoms with Gasteiger partial charge < -0.3 is 9.47 Å². The van der Waals surface area contributed by atoms with Crippen LogP contribution in [0.15, 0.2) is 48.8 Å². The van der Waals surface area contributed by atoms with Crippen molar-refractivity contribution in [2.75, 3.05) is 7.11 Å². The lowest BCUT2D eigenvalue weighted by Gasteiger charge is -2.25. The lowest BCUT2D eigenvalue weighted by atomic mass is 10.0. The fourth-order valence-electron chi connectivity index (χ4n) is 3.52. The molecule has 2 aromatic carbocycles. The number of nitrogens with zero attached hydrogens (tertiary/aromatic N) is 2. The minimum absolute atomic E-state index is 0.188. The zero-order valence-electron chi connectivity index (χ0n) is 16.1. The van der Waals surface area contributed by atoms with Crippen molar-refractivity contribution in [2.24, 2.45) is 0 Å². The van der Waals surface area contributed by atoms with Gasteiger partial charge in [0.25, 0.3) is 0 Å². The molecule has 0 spiro atoms. The minimum atomic E-state index is -0.235. The van der Waals surface area contributed by atoms with Crippen molar-refractivity contribution in [3.63, 3.8) is 0 Å². The highest BCUT2D eigenvalue weighted by Crippen LogP contribution is 2.31. The second-order valence-electron chi connectivity index (χ2n) is 7.00. The van der Waals surface area contributed by atoms with Crippen LogP contribution in [0.4, 0.5) is 4.39 Å². The van der Waals surface area contributed by atoms with Crippen LogP contribution in [-0.2, 0) is 17.6 Å². The molecule has 2 heterocycles. The Morgan fingerprint density at radius 2 is 1.93 bits per heavy atom. The standard InChI is InChI=1S/C23H23FN2O2/c1-3-4-15-5-8-19(20(24)11-15)18-13-25-23(26-14-18)17-6-9-21-16(12-17)7-10-22(27-2)28-21/h5-6,8-9,11-14,22H,3-4,7,10H2,1-2H3. The summed E-state index contributed by atoms with van der Waals surface area (Å²) in [5.74, 6) is 1.22.